The molecule has 1 aromatic carbocycles. The molecule has 2 atom stereocenters. The maximum atomic E-state index is 13.0. The Morgan fingerprint density at radius 3 is 2.78 bits per heavy atom. The van der Waals surface area contributed by atoms with E-state index < -0.39 is 0 Å². The number of fused-ring (bicyclic) bond motifs is 2. The number of rotatable bonds is 2. The first-order valence-electron chi connectivity index (χ1n) is 8.07. The minimum atomic E-state index is -0.283. The Hall–Kier alpha value is -2.21. The fourth-order valence-electron chi connectivity index (χ4n) is 3.65. The third-order valence-electron chi connectivity index (χ3n) is 4.84. The van der Waals surface area contributed by atoms with E-state index in [0.717, 1.165) is 37.9 Å². The number of halogens is 1. The molecule has 120 valence electrons. The molecule has 4 rings (SSSR count). The van der Waals surface area contributed by atoms with E-state index >= 15 is 0 Å². The van der Waals surface area contributed by atoms with Crippen molar-refractivity contribution in [3.8, 4) is 11.3 Å². The lowest BCUT2D eigenvalue weighted by molar-refractivity contribution is 0.0674. The van der Waals surface area contributed by atoms with E-state index in [0.29, 0.717) is 17.4 Å². The topological polar surface area (TPSA) is 61.0 Å². The average molecular weight is 314 g/mol. The zero-order valence-electron chi connectivity index (χ0n) is 12.8. The molecule has 2 aliphatic rings. The fraction of sp³-hybridized carbons (Fsp3) is 0.412. The van der Waals surface area contributed by atoms with Gasteiger partial charge in [-0.15, -0.1) is 0 Å². The van der Waals surface area contributed by atoms with Crippen molar-refractivity contribution in [3.05, 3.63) is 41.8 Å². The molecule has 6 heteroatoms. The standard InChI is InChI=1S/C17H19FN4O/c18-12-3-1-11(2-4-12)15-9-16(21-20-15)17(23)22-13-5-6-14(22)10-19-8-7-13/h1-4,9,13-14,19H,5-8,10H2,(H,20,21). The Morgan fingerprint density at radius 1 is 1.17 bits per heavy atom. The molecule has 0 radical (unpaired) electrons. The third-order valence-corrected chi connectivity index (χ3v) is 4.84. The molecule has 3 heterocycles. The summed E-state index contributed by atoms with van der Waals surface area (Å²) in [5, 5.41) is 10.5. The van der Waals surface area contributed by atoms with Crippen LogP contribution in [-0.4, -0.2) is 46.2 Å². The highest BCUT2D eigenvalue weighted by Crippen LogP contribution is 2.30. The first-order valence-corrected chi connectivity index (χ1v) is 8.07. The van der Waals surface area contributed by atoms with E-state index in [1.54, 1.807) is 18.2 Å². The number of benzene rings is 1. The molecule has 1 amide bonds. The zero-order chi connectivity index (χ0) is 15.8. The minimum Gasteiger partial charge on any atom is -0.330 e. The molecule has 0 saturated carbocycles. The quantitative estimate of drug-likeness (QED) is 0.893. The van der Waals surface area contributed by atoms with Gasteiger partial charge in [0.25, 0.3) is 5.91 Å². The van der Waals surface area contributed by atoms with E-state index in [-0.39, 0.29) is 17.8 Å². The van der Waals surface area contributed by atoms with Gasteiger partial charge < -0.3 is 10.2 Å². The number of aromatic nitrogens is 2. The van der Waals surface area contributed by atoms with Gasteiger partial charge in [0.1, 0.15) is 11.5 Å². The van der Waals surface area contributed by atoms with E-state index in [2.05, 4.69) is 15.5 Å². The first kappa shape index (κ1) is 14.4. The monoisotopic (exact) mass is 314 g/mol. The fourth-order valence-corrected chi connectivity index (χ4v) is 3.65. The summed E-state index contributed by atoms with van der Waals surface area (Å²) in [6, 6.07) is 8.47. The molecule has 0 spiro atoms. The SMILES string of the molecule is O=C(c1cc(-c2ccc(F)cc2)n[nH]1)N1C2CCNCC1CC2. The maximum absolute atomic E-state index is 13.0. The van der Waals surface area contributed by atoms with E-state index in [9.17, 15) is 9.18 Å². The number of nitrogens with zero attached hydrogens (tertiary/aromatic N) is 2. The summed E-state index contributed by atoms with van der Waals surface area (Å²) in [5.41, 5.74) is 1.96. The molecule has 2 bridgehead atoms. The Bertz CT molecular complexity index is 698. The van der Waals surface area contributed by atoms with Gasteiger partial charge in [0.05, 0.1) is 5.69 Å². The van der Waals surface area contributed by atoms with Crippen LogP contribution in [0, 0.1) is 5.82 Å². The van der Waals surface area contributed by atoms with E-state index in [1.807, 2.05) is 4.90 Å². The highest BCUT2D eigenvalue weighted by atomic mass is 19.1. The second-order valence-electron chi connectivity index (χ2n) is 6.26. The Kier molecular flexibility index (Phi) is 3.61. The largest absolute Gasteiger partial charge is 0.330 e. The highest BCUT2D eigenvalue weighted by Gasteiger charge is 2.38. The number of nitrogens with one attached hydrogen (secondary N) is 2. The Balaban J connectivity index is 1.59. The molecular formula is C17H19FN4O. The van der Waals surface area contributed by atoms with Crippen LogP contribution in [0.3, 0.4) is 0 Å². The number of carbonyl (C=O) groups is 1. The summed E-state index contributed by atoms with van der Waals surface area (Å²) in [6.07, 6.45) is 3.14. The summed E-state index contributed by atoms with van der Waals surface area (Å²) < 4.78 is 13.0. The van der Waals surface area contributed by atoms with Gasteiger partial charge in [-0.2, -0.15) is 5.10 Å². The molecule has 0 aliphatic carbocycles. The molecular weight excluding hydrogens is 295 g/mol. The number of amides is 1. The van der Waals surface area contributed by atoms with Crippen LogP contribution in [0.4, 0.5) is 4.39 Å². The Morgan fingerprint density at radius 2 is 1.96 bits per heavy atom. The average Bonchev–Trinajstić information content (AvgIpc) is 3.11. The lowest BCUT2D eigenvalue weighted by atomic mass is 10.1. The smallest absolute Gasteiger partial charge is 0.272 e. The highest BCUT2D eigenvalue weighted by molar-refractivity contribution is 5.94. The third kappa shape index (κ3) is 2.63. The van der Waals surface area contributed by atoms with Gasteiger partial charge in [-0.25, -0.2) is 4.39 Å². The van der Waals surface area contributed by atoms with Crippen molar-refractivity contribution in [2.75, 3.05) is 13.1 Å². The van der Waals surface area contributed by atoms with Crippen LogP contribution in [0.1, 0.15) is 29.8 Å². The number of carbonyl (C=O) groups excluding carboxylic acids is 1. The van der Waals surface area contributed by atoms with Gasteiger partial charge in [0, 0.05) is 24.2 Å². The molecule has 2 aromatic rings. The minimum absolute atomic E-state index is 0.0158. The van der Waals surface area contributed by atoms with Crippen LogP contribution in [-0.2, 0) is 0 Å². The van der Waals surface area contributed by atoms with Crippen molar-refractivity contribution >= 4 is 5.91 Å². The van der Waals surface area contributed by atoms with Crippen LogP contribution in [0.2, 0.25) is 0 Å². The van der Waals surface area contributed by atoms with Crippen molar-refractivity contribution in [1.82, 2.24) is 20.4 Å². The van der Waals surface area contributed by atoms with Crippen molar-refractivity contribution in [2.24, 2.45) is 0 Å². The van der Waals surface area contributed by atoms with Gasteiger partial charge in [0.2, 0.25) is 0 Å². The summed E-state index contributed by atoms with van der Waals surface area (Å²) in [5.74, 6) is -0.267. The van der Waals surface area contributed by atoms with Gasteiger partial charge in [0.15, 0.2) is 0 Å². The van der Waals surface area contributed by atoms with E-state index in [1.165, 1.54) is 12.1 Å². The van der Waals surface area contributed by atoms with Crippen LogP contribution in [0.5, 0.6) is 0 Å². The van der Waals surface area contributed by atoms with Crippen molar-refractivity contribution in [2.45, 2.75) is 31.3 Å². The normalized spacial score (nSPS) is 23.8. The Labute approximate surface area is 133 Å². The van der Waals surface area contributed by atoms with Gasteiger partial charge >= 0.3 is 0 Å². The summed E-state index contributed by atoms with van der Waals surface area (Å²) in [4.78, 5) is 14.9. The van der Waals surface area contributed by atoms with Crippen LogP contribution < -0.4 is 5.32 Å². The number of hydrogen-bond acceptors (Lipinski definition) is 3. The molecule has 23 heavy (non-hydrogen) atoms. The number of hydrogen-bond donors (Lipinski definition) is 2. The molecule has 2 aliphatic heterocycles. The lowest BCUT2D eigenvalue weighted by Gasteiger charge is -2.27. The van der Waals surface area contributed by atoms with Crippen molar-refractivity contribution < 1.29 is 9.18 Å². The predicted octanol–water partition coefficient (Wildman–Crippen LogP) is 2.18. The summed E-state index contributed by atoms with van der Waals surface area (Å²) >= 11 is 0. The van der Waals surface area contributed by atoms with Crippen molar-refractivity contribution in [3.63, 3.8) is 0 Å². The summed E-state index contributed by atoms with van der Waals surface area (Å²) in [6.45, 7) is 1.83. The zero-order valence-corrected chi connectivity index (χ0v) is 12.8. The molecule has 1 aromatic heterocycles. The maximum Gasteiger partial charge on any atom is 0.272 e. The number of aromatic amines is 1. The molecule has 2 fully saturated rings. The van der Waals surface area contributed by atoms with E-state index in [4.69, 9.17) is 0 Å². The molecule has 2 unspecified atom stereocenters. The molecule has 5 nitrogen and oxygen atoms in total. The number of H-pyrrole nitrogens is 1. The van der Waals surface area contributed by atoms with Crippen molar-refractivity contribution in [1.29, 1.82) is 0 Å². The van der Waals surface area contributed by atoms with Gasteiger partial charge in [-0.1, -0.05) is 0 Å². The molecule has 2 N–H and O–H groups in total. The summed E-state index contributed by atoms with van der Waals surface area (Å²) in [7, 11) is 0. The van der Waals surface area contributed by atoms with Crippen LogP contribution in [0.15, 0.2) is 30.3 Å². The second kappa shape index (κ2) is 5.77. The lowest BCUT2D eigenvalue weighted by Crippen LogP contribution is -2.42. The second-order valence-corrected chi connectivity index (χ2v) is 6.26. The molecule has 2 saturated heterocycles. The predicted molar refractivity (Wildman–Crippen MR) is 84.4 cm³/mol. The van der Waals surface area contributed by atoms with Gasteiger partial charge in [-0.3, -0.25) is 9.89 Å². The van der Waals surface area contributed by atoms with Crippen LogP contribution in [0.25, 0.3) is 11.3 Å². The van der Waals surface area contributed by atoms with Gasteiger partial charge in [-0.05, 0) is 56.1 Å². The first-order chi connectivity index (χ1) is 11.2. The van der Waals surface area contributed by atoms with Crippen LogP contribution >= 0.6 is 0 Å².